The van der Waals surface area contributed by atoms with E-state index in [-0.39, 0.29) is 48.5 Å². The van der Waals surface area contributed by atoms with Gasteiger partial charge in [-0.25, -0.2) is 8.42 Å². The van der Waals surface area contributed by atoms with Crippen molar-refractivity contribution in [2.24, 2.45) is 5.92 Å². The fourth-order valence-electron chi connectivity index (χ4n) is 0.990. The Hall–Kier alpha value is 0.650. The van der Waals surface area contributed by atoms with Crippen molar-refractivity contribution in [1.82, 2.24) is 0 Å². The molecule has 0 saturated carbocycles. The number of thioether (sulfide) groups is 1. The molecule has 0 bridgehead atoms. The number of hydrogen-bond acceptors (Lipinski definition) is 7. The van der Waals surface area contributed by atoms with Gasteiger partial charge in [-0.1, -0.05) is 6.92 Å². The Morgan fingerprint density at radius 2 is 2.05 bits per heavy atom. The summed E-state index contributed by atoms with van der Waals surface area (Å²) >= 11 is 1.43. The molecule has 0 radical (unpaired) electrons. The van der Waals surface area contributed by atoms with Crippen LogP contribution in [0.15, 0.2) is 0 Å². The third-order valence-corrected chi connectivity index (χ3v) is 3.77. The zero-order valence-electron chi connectivity index (χ0n) is 10.9. The molecule has 0 fully saturated rings. The van der Waals surface area contributed by atoms with Gasteiger partial charge in [-0.05, 0) is 11.7 Å². The van der Waals surface area contributed by atoms with Gasteiger partial charge in [-0.15, -0.1) is 0 Å². The van der Waals surface area contributed by atoms with E-state index < -0.39 is 28.1 Å². The summed E-state index contributed by atoms with van der Waals surface area (Å²) < 4.78 is 35.7. The van der Waals surface area contributed by atoms with Crippen LogP contribution in [0.3, 0.4) is 0 Å². The topological polar surface area (TPSA) is 124 Å². The van der Waals surface area contributed by atoms with Gasteiger partial charge in [0.25, 0.3) is 0 Å². The molecule has 0 saturated heterocycles. The summed E-state index contributed by atoms with van der Waals surface area (Å²) in [5.74, 6) is -0.692. The van der Waals surface area contributed by atoms with Crippen molar-refractivity contribution in [3.63, 3.8) is 0 Å². The number of rotatable bonds is 10. The number of aliphatic hydroxyl groups excluding tert-OH is 1. The summed E-state index contributed by atoms with van der Waals surface area (Å²) in [4.78, 5) is 10.2. The van der Waals surface area contributed by atoms with Gasteiger partial charge in [0, 0.05) is 5.75 Å². The fraction of sp³-hybridized carbons (Fsp3) is 0.889. The largest absolute Gasteiger partial charge is 1.00 e. The van der Waals surface area contributed by atoms with Gasteiger partial charge < -0.3 is 19.5 Å². The summed E-state index contributed by atoms with van der Waals surface area (Å²) in [7, 11) is -4.50. The van der Waals surface area contributed by atoms with Crippen LogP contribution in [0.25, 0.3) is 0 Å². The Labute approximate surface area is 139 Å². The van der Waals surface area contributed by atoms with Crippen LogP contribution in [0.2, 0.25) is 0 Å². The van der Waals surface area contributed by atoms with E-state index >= 15 is 0 Å². The minimum atomic E-state index is -4.50. The van der Waals surface area contributed by atoms with Gasteiger partial charge >= 0.3 is 35.5 Å². The standard InChI is InChI=1S/C9H18O7S2.Na/c1-7(5-17-3-2-8(10)11)4-16-9(12)6-18(13,14)15;/h7,9,12H,2-6H2,1H3,(H,10,11)(H,13,14,15);/q;+1/p-1. The summed E-state index contributed by atoms with van der Waals surface area (Å²) in [5, 5.41) is 17.5. The maximum atomic E-state index is 10.3. The molecule has 0 heterocycles. The number of carboxylic acids is 1. The van der Waals surface area contributed by atoms with E-state index in [1.165, 1.54) is 11.8 Å². The van der Waals surface area contributed by atoms with Gasteiger partial charge in [0.2, 0.25) is 0 Å². The molecule has 10 heteroatoms. The molecule has 0 aromatic heterocycles. The second-order valence-electron chi connectivity index (χ2n) is 3.84. The van der Waals surface area contributed by atoms with E-state index in [0.29, 0.717) is 11.5 Å². The van der Waals surface area contributed by atoms with Crippen molar-refractivity contribution in [1.29, 1.82) is 0 Å². The van der Waals surface area contributed by atoms with E-state index in [4.69, 9.17) is 14.9 Å². The second kappa shape index (κ2) is 11.3. The van der Waals surface area contributed by atoms with Crippen LogP contribution in [0.1, 0.15) is 13.3 Å². The van der Waals surface area contributed by atoms with E-state index in [0.717, 1.165) is 0 Å². The average Bonchev–Trinajstić information content (AvgIpc) is 2.19. The Morgan fingerprint density at radius 1 is 1.47 bits per heavy atom. The Balaban J connectivity index is 0. The van der Waals surface area contributed by atoms with Gasteiger partial charge in [-0.3, -0.25) is 4.79 Å². The number of aliphatic hydroxyl groups is 1. The van der Waals surface area contributed by atoms with Crippen molar-refractivity contribution in [3.8, 4) is 0 Å². The third kappa shape index (κ3) is 16.6. The molecule has 7 nitrogen and oxygen atoms in total. The Bertz CT molecular complexity index is 346. The predicted molar refractivity (Wildman–Crippen MR) is 65.3 cm³/mol. The number of aliphatic carboxylic acids is 1. The first-order chi connectivity index (χ1) is 8.20. The number of hydrogen-bond donors (Lipinski definition) is 2. The normalized spacial score (nSPS) is 14.5. The molecule has 0 aliphatic heterocycles. The van der Waals surface area contributed by atoms with Crippen LogP contribution in [-0.4, -0.2) is 59.3 Å². The zero-order valence-corrected chi connectivity index (χ0v) is 14.6. The van der Waals surface area contributed by atoms with Crippen molar-refractivity contribution in [3.05, 3.63) is 0 Å². The number of carbonyl (C=O) groups is 1. The molecule has 0 rings (SSSR count). The van der Waals surface area contributed by atoms with Crippen LogP contribution in [0.5, 0.6) is 0 Å². The van der Waals surface area contributed by atoms with Crippen molar-refractivity contribution in [2.75, 3.05) is 23.9 Å². The van der Waals surface area contributed by atoms with Gasteiger partial charge in [-0.2, -0.15) is 11.8 Å². The SMILES string of the molecule is CC(COC(O)CS(=O)(=O)[O-])CSCCC(=O)O.[Na+]. The van der Waals surface area contributed by atoms with Gasteiger partial charge in [0.05, 0.1) is 28.9 Å². The zero-order chi connectivity index (χ0) is 14.2. The molecular weight excluding hydrogens is 307 g/mol. The maximum absolute atomic E-state index is 10.3. The van der Waals surface area contributed by atoms with Crippen molar-refractivity contribution in [2.45, 2.75) is 19.6 Å². The Kier molecular flexibility index (Phi) is 13.1. The van der Waals surface area contributed by atoms with Crippen molar-refractivity contribution < 1.29 is 62.3 Å². The Morgan fingerprint density at radius 3 is 2.53 bits per heavy atom. The average molecular weight is 324 g/mol. The van der Waals surface area contributed by atoms with Crippen LogP contribution >= 0.6 is 11.8 Å². The number of carboxylic acid groups (broad SMARTS) is 1. The first-order valence-corrected chi connectivity index (χ1v) is 7.96. The smallest absolute Gasteiger partial charge is 0.748 e. The molecule has 0 aliphatic carbocycles. The summed E-state index contributed by atoms with van der Waals surface area (Å²) in [5.41, 5.74) is 0. The predicted octanol–water partition coefficient (Wildman–Crippen LogP) is -3.29. The van der Waals surface area contributed by atoms with E-state index in [1.54, 1.807) is 0 Å². The number of ether oxygens (including phenoxy) is 1. The van der Waals surface area contributed by atoms with Gasteiger partial charge in [0.15, 0.2) is 6.29 Å². The van der Waals surface area contributed by atoms with Gasteiger partial charge in [0.1, 0.15) is 0 Å². The van der Waals surface area contributed by atoms with Crippen LogP contribution in [0, 0.1) is 5.92 Å². The molecular formula is C9H17NaO7S2. The van der Waals surface area contributed by atoms with Crippen LogP contribution in [-0.2, 0) is 19.6 Å². The summed E-state index contributed by atoms with van der Waals surface area (Å²) in [6.45, 7) is 1.92. The van der Waals surface area contributed by atoms with E-state index in [1.807, 2.05) is 6.92 Å². The molecule has 108 valence electrons. The minimum Gasteiger partial charge on any atom is -0.748 e. The molecule has 0 spiro atoms. The van der Waals surface area contributed by atoms with Crippen LogP contribution < -0.4 is 29.6 Å². The van der Waals surface area contributed by atoms with E-state index in [2.05, 4.69) is 0 Å². The molecule has 0 aromatic carbocycles. The molecule has 0 aromatic rings. The molecule has 0 amide bonds. The molecule has 19 heavy (non-hydrogen) atoms. The fourth-order valence-corrected chi connectivity index (χ4v) is 2.42. The monoisotopic (exact) mass is 324 g/mol. The maximum Gasteiger partial charge on any atom is 1.00 e. The summed E-state index contributed by atoms with van der Waals surface area (Å²) in [6.07, 6.45) is -1.53. The molecule has 2 atom stereocenters. The first-order valence-electron chi connectivity index (χ1n) is 5.23. The quantitative estimate of drug-likeness (QED) is 0.185. The van der Waals surface area contributed by atoms with Crippen LogP contribution in [0.4, 0.5) is 0 Å². The minimum absolute atomic E-state index is 0. The summed E-state index contributed by atoms with van der Waals surface area (Å²) in [6, 6.07) is 0. The molecule has 0 aliphatic rings. The van der Waals surface area contributed by atoms with E-state index in [9.17, 15) is 17.8 Å². The first kappa shape index (κ1) is 21.9. The molecule has 2 unspecified atom stereocenters. The molecule has 2 N–H and O–H groups in total. The second-order valence-corrected chi connectivity index (χ2v) is 6.43. The van der Waals surface area contributed by atoms with Crippen molar-refractivity contribution >= 4 is 27.8 Å². The third-order valence-electron chi connectivity index (χ3n) is 1.78.